The molecule has 2 aromatic carbocycles. The van der Waals surface area contributed by atoms with Gasteiger partial charge in [0.05, 0.1) is 19.1 Å². The standard InChI is InChI=1S/C24H31Cl2N3O5S/c1-6-11-27-24(31)17(3)28(14-18-8-9-19(25)13-20(18)26)23(30)15-29(35(5,32)33)21-12-16(2)7-10-22(21)34-4/h7-10,12-13,17H,6,11,14-15H2,1-5H3,(H,27,31)/t17-/m1/s1. The smallest absolute Gasteiger partial charge is 0.244 e. The number of hydrogen-bond donors (Lipinski definition) is 1. The minimum atomic E-state index is -3.88. The quantitative estimate of drug-likeness (QED) is 0.461. The van der Waals surface area contributed by atoms with Gasteiger partial charge in [0.25, 0.3) is 0 Å². The van der Waals surface area contributed by atoms with Gasteiger partial charge in [-0.05, 0) is 55.7 Å². The Hall–Kier alpha value is -2.49. The van der Waals surface area contributed by atoms with Crippen molar-refractivity contribution in [1.29, 1.82) is 0 Å². The SMILES string of the molecule is CCCNC(=O)[C@@H](C)N(Cc1ccc(Cl)cc1Cl)C(=O)CN(c1cc(C)ccc1OC)S(C)(=O)=O. The maximum Gasteiger partial charge on any atom is 0.244 e. The summed E-state index contributed by atoms with van der Waals surface area (Å²) in [4.78, 5) is 27.7. The number of aryl methyl sites for hydroxylation is 1. The van der Waals surface area contributed by atoms with Gasteiger partial charge in [0.2, 0.25) is 21.8 Å². The number of halogens is 2. The number of sulfonamides is 1. The van der Waals surface area contributed by atoms with Gasteiger partial charge in [-0.1, -0.05) is 42.3 Å². The second-order valence-corrected chi connectivity index (χ2v) is 10.9. The molecule has 0 saturated carbocycles. The summed E-state index contributed by atoms with van der Waals surface area (Å²) in [5, 5.41) is 3.54. The lowest BCUT2D eigenvalue weighted by Crippen LogP contribution is -2.51. The molecule has 0 aliphatic carbocycles. The van der Waals surface area contributed by atoms with Crippen molar-refractivity contribution >= 4 is 50.7 Å². The number of nitrogens with zero attached hydrogens (tertiary/aromatic N) is 2. The van der Waals surface area contributed by atoms with Crippen LogP contribution in [0.15, 0.2) is 36.4 Å². The summed E-state index contributed by atoms with van der Waals surface area (Å²) in [5.74, 6) is -0.636. The van der Waals surface area contributed by atoms with E-state index < -0.39 is 28.5 Å². The van der Waals surface area contributed by atoms with Crippen molar-refractivity contribution in [2.45, 2.75) is 39.8 Å². The van der Waals surface area contributed by atoms with Crippen molar-refractivity contribution in [1.82, 2.24) is 10.2 Å². The van der Waals surface area contributed by atoms with Gasteiger partial charge in [-0.3, -0.25) is 13.9 Å². The molecule has 0 spiro atoms. The largest absolute Gasteiger partial charge is 0.495 e. The third kappa shape index (κ3) is 7.75. The lowest BCUT2D eigenvalue weighted by molar-refractivity contribution is -0.139. The minimum absolute atomic E-state index is 0.0158. The molecule has 1 N–H and O–H groups in total. The minimum Gasteiger partial charge on any atom is -0.495 e. The van der Waals surface area contributed by atoms with Crippen molar-refractivity contribution < 1.29 is 22.7 Å². The fraction of sp³-hybridized carbons (Fsp3) is 0.417. The van der Waals surface area contributed by atoms with Crippen molar-refractivity contribution in [3.05, 3.63) is 57.6 Å². The van der Waals surface area contributed by atoms with Gasteiger partial charge in [-0.25, -0.2) is 8.42 Å². The van der Waals surface area contributed by atoms with E-state index in [2.05, 4.69) is 5.32 Å². The summed E-state index contributed by atoms with van der Waals surface area (Å²) >= 11 is 12.3. The molecule has 2 rings (SSSR count). The van der Waals surface area contributed by atoms with Gasteiger partial charge in [0, 0.05) is 23.1 Å². The molecule has 0 fully saturated rings. The first-order chi connectivity index (χ1) is 16.4. The molecule has 1 atom stereocenters. The van der Waals surface area contributed by atoms with Crippen LogP contribution in [0.3, 0.4) is 0 Å². The maximum atomic E-state index is 13.6. The van der Waals surface area contributed by atoms with Crippen molar-refractivity contribution in [3.8, 4) is 5.75 Å². The number of hydrogen-bond acceptors (Lipinski definition) is 5. The maximum absolute atomic E-state index is 13.6. The zero-order valence-corrected chi connectivity index (χ0v) is 22.8. The Morgan fingerprint density at radius 2 is 1.83 bits per heavy atom. The third-order valence-electron chi connectivity index (χ3n) is 5.35. The average Bonchev–Trinajstić information content (AvgIpc) is 2.79. The van der Waals surface area contributed by atoms with Gasteiger partial charge in [-0.15, -0.1) is 0 Å². The molecule has 0 aliphatic heterocycles. The highest BCUT2D eigenvalue weighted by Gasteiger charge is 2.31. The van der Waals surface area contributed by atoms with E-state index in [0.29, 0.717) is 27.9 Å². The van der Waals surface area contributed by atoms with Gasteiger partial charge >= 0.3 is 0 Å². The Labute approximate surface area is 217 Å². The number of anilines is 1. The normalized spacial score (nSPS) is 12.1. The number of ether oxygens (including phenoxy) is 1. The van der Waals surface area contributed by atoms with Crippen LogP contribution in [-0.2, 0) is 26.2 Å². The zero-order chi connectivity index (χ0) is 26.3. The second-order valence-electron chi connectivity index (χ2n) is 8.17. The fourth-order valence-corrected chi connectivity index (χ4v) is 4.71. The van der Waals surface area contributed by atoms with Gasteiger partial charge in [0.1, 0.15) is 18.3 Å². The van der Waals surface area contributed by atoms with E-state index in [1.54, 1.807) is 50.2 Å². The Balaban J connectivity index is 2.48. The molecule has 0 radical (unpaired) electrons. The van der Waals surface area contributed by atoms with Crippen molar-refractivity contribution in [3.63, 3.8) is 0 Å². The summed E-state index contributed by atoms with van der Waals surface area (Å²) < 4.78 is 31.8. The van der Waals surface area contributed by atoms with E-state index in [-0.39, 0.29) is 18.1 Å². The number of rotatable bonds is 11. The monoisotopic (exact) mass is 543 g/mol. The average molecular weight is 545 g/mol. The molecular weight excluding hydrogens is 513 g/mol. The predicted octanol–water partition coefficient (Wildman–Crippen LogP) is 4.02. The summed E-state index contributed by atoms with van der Waals surface area (Å²) in [6, 6.07) is 9.00. The van der Waals surface area contributed by atoms with Crippen LogP contribution in [0.1, 0.15) is 31.4 Å². The van der Waals surface area contributed by atoms with Crippen LogP contribution >= 0.6 is 23.2 Å². The number of carbonyl (C=O) groups is 2. The Morgan fingerprint density at radius 1 is 1.14 bits per heavy atom. The summed E-state index contributed by atoms with van der Waals surface area (Å²) in [5.41, 5.74) is 1.59. The van der Waals surface area contributed by atoms with E-state index in [9.17, 15) is 18.0 Å². The van der Waals surface area contributed by atoms with Crippen LogP contribution in [-0.4, -0.2) is 57.6 Å². The molecule has 0 aromatic heterocycles. The fourth-order valence-electron chi connectivity index (χ4n) is 3.40. The molecule has 2 aromatic rings. The highest BCUT2D eigenvalue weighted by atomic mass is 35.5. The summed E-state index contributed by atoms with van der Waals surface area (Å²) in [6.07, 6.45) is 1.74. The molecule has 0 unspecified atom stereocenters. The van der Waals surface area contributed by atoms with Gasteiger partial charge in [0.15, 0.2) is 0 Å². The van der Waals surface area contributed by atoms with E-state index in [4.69, 9.17) is 27.9 Å². The molecule has 2 amide bonds. The number of nitrogens with one attached hydrogen (secondary N) is 1. The van der Waals surface area contributed by atoms with Crippen LogP contribution < -0.4 is 14.4 Å². The zero-order valence-electron chi connectivity index (χ0n) is 20.5. The van der Waals surface area contributed by atoms with E-state index in [1.165, 1.54) is 12.0 Å². The van der Waals surface area contributed by atoms with Crippen LogP contribution in [0, 0.1) is 6.92 Å². The van der Waals surface area contributed by atoms with E-state index in [0.717, 1.165) is 22.5 Å². The Kier molecular flexibility index (Phi) is 10.2. The van der Waals surface area contributed by atoms with Crippen LogP contribution in [0.5, 0.6) is 5.75 Å². The highest BCUT2D eigenvalue weighted by molar-refractivity contribution is 7.92. The lowest BCUT2D eigenvalue weighted by Gasteiger charge is -2.32. The third-order valence-corrected chi connectivity index (χ3v) is 7.07. The first-order valence-corrected chi connectivity index (χ1v) is 13.6. The van der Waals surface area contributed by atoms with Crippen molar-refractivity contribution in [2.24, 2.45) is 0 Å². The Morgan fingerprint density at radius 3 is 2.40 bits per heavy atom. The van der Waals surface area contributed by atoms with E-state index >= 15 is 0 Å². The molecule has 8 nitrogen and oxygen atoms in total. The molecule has 35 heavy (non-hydrogen) atoms. The number of benzene rings is 2. The summed E-state index contributed by atoms with van der Waals surface area (Å²) in [7, 11) is -2.46. The number of amides is 2. The number of methoxy groups -OCH3 is 1. The lowest BCUT2D eigenvalue weighted by atomic mass is 10.1. The molecule has 192 valence electrons. The number of carbonyl (C=O) groups excluding carboxylic acids is 2. The van der Waals surface area contributed by atoms with Crippen LogP contribution in [0.2, 0.25) is 10.0 Å². The molecule has 0 heterocycles. The van der Waals surface area contributed by atoms with E-state index in [1.807, 2.05) is 6.92 Å². The molecular formula is C24H31Cl2N3O5S. The first-order valence-electron chi connectivity index (χ1n) is 11.0. The topological polar surface area (TPSA) is 96.0 Å². The van der Waals surface area contributed by atoms with Gasteiger partial charge < -0.3 is 15.0 Å². The molecule has 11 heteroatoms. The van der Waals surface area contributed by atoms with Crippen LogP contribution in [0.4, 0.5) is 5.69 Å². The molecule has 0 aliphatic rings. The molecule has 0 saturated heterocycles. The highest BCUT2D eigenvalue weighted by Crippen LogP contribution is 2.31. The van der Waals surface area contributed by atoms with Crippen LogP contribution in [0.25, 0.3) is 0 Å². The second kappa shape index (κ2) is 12.5. The van der Waals surface area contributed by atoms with Gasteiger partial charge in [-0.2, -0.15) is 0 Å². The van der Waals surface area contributed by atoms with Crippen molar-refractivity contribution in [2.75, 3.05) is 30.8 Å². The predicted molar refractivity (Wildman–Crippen MR) is 140 cm³/mol. The Bertz CT molecular complexity index is 1170. The first kappa shape index (κ1) is 28.7. The summed E-state index contributed by atoms with van der Waals surface area (Å²) in [6.45, 7) is 5.21. The molecule has 0 bridgehead atoms.